The van der Waals surface area contributed by atoms with Crippen LogP contribution >= 0.6 is 0 Å². The van der Waals surface area contributed by atoms with Gasteiger partial charge in [-0.3, -0.25) is 9.78 Å². The Bertz CT molecular complexity index is 637. The second-order valence-electron chi connectivity index (χ2n) is 4.89. The number of carbonyl (C=O) groups is 1. The minimum atomic E-state index is -0.0611. The van der Waals surface area contributed by atoms with Crippen molar-refractivity contribution in [1.82, 2.24) is 4.98 Å². The number of nitrogens with zero attached hydrogens (tertiary/aromatic N) is 2. The molecular formula is C16H19N3O. The lowest BCUT2D eigenvalue weighted by Gasteiger charge is -2.20. The van der Waals surface area contributed by atoms with Gasteiger partial charge in [-0.05, 0) is 37.6 Å². The largest absolute Gasteiger partial charge is 0.325 e. The SMILES string of the molecule is Cc1ccc(N(C)C(=O)c2ccnc(CN)c2)c(C)c1. The first-order valence-corrected chi connectivity index (χ1v) is 6.53. The predicted octanol–water partition coefficient (Wildman–Crippen LogP) is 2.43. The third kappa shape index (κ3) is 2.86. The predicted molar refractivity (Wildman–Crippen MR) is 80.8 cm³/mol. The Morgan fingerprint density at radius 2 is 2.00 bits per heavy atom. The first-order chi connectivity index (χ1) is 9.52. The van der Waals surface area contributed by atoms with E-state index in [4.69, 9.17) is 5.73 Å². The number of pyridine rings is 1. The van der Waals surface area contributed by atoms with Gasteiger partial charge in [0.15, 0.2) is 0 Å². The summed E-state index contributed by atoms with van der Waals surface area (Å²) in [7, 11) is 1.78. The van der Waals surface area contributed by atoms with Crippen LogP contribution in [0.1, 0.15) is 27.2 Å². The van der Waals surface area contributed by atoms with Crippen LogP contribution < -0.4 is 10.6 Å². The molecular weight excluding hydrogens is 250 g/mol. The van der Waals surface area contributed by atoms with Crippen molar-refractivity contribution in [2.75, 3.05) is 11.9 Å². The highest BCUT2D eigenvalue weighted by molar-refractivity contribution is 6.06. The molecule has 0 saturated carbocycles. The Morgan fingerprint density at radius 3 is 2.65 bits per heavy atom. The van der Waals surface area contributed by atoms with E-state index >= 15 is 0 Å². The highest BCUT2D eigenvalue weighted by Crippen LogP contribution is 2.21. The van der Waals surface area contributed by atoms with Gasteiger partial charge in [0.25, 0.3) is 5.91 Å². The molecule has 1 aromatic heterocycles. The second-order valence-corrected chi connectivity index (χ2v) is 4.89. The van der Waals surface area contributed by atoms with Gasteiger partial charge in [-0.25, -0.2) is 0 Å². The van der Waals surface area contributed by atoms with E-state index in [0.717, 1.165) is 11.3 Å². The van der Waals surface area contributed by atoms with Crippen molar-refractivity contribution < 1.29 is 4.79 Å². The fourth-order valence-electron chi connectivity index (χ4n) is 2.21. The third-order valence-corrected chi connectivity index (χ3v) is 3.29. The van der Waals surface area contributed by atoms with Crippen molar-refractivity contribution >= 4 is 11.6 Å². The average molecular weight is 269 g/mol. The minimum Gasteiger partial charge on any atom is -0.325 e. The molecule has 0 spiro atoms. The summed E-state index contributed by atoms with van der Waals surface area (Å²) in [5.41, 5.74) is 10.0. The summed E-state index contributed by atoms with van der Waals surface area (Å²) >= 11 is 0. The van der Waals surface area contributed by atoms with Crippen LogP contribution in [0.2, 0.25) is 0 Å². The van der Waals surface area contributed by atoms with E-state index in [2.05, 4.69) is 11.1 Å². The van der Waals surface area contributed by atoms with Gasteiger partial charge in [-0.1, -0.05) is 17.7 Å². The fourth-order valence-corrected chi connectivity index (χ4v) is 2.21. The summed E-state index contributed by atoms with van der Waals surface area (Å²) < 4.78 is 0. The zero-order chi connectivity index (χ0) is 14.7. The summed E-state index contributed by atoms with van der Waals surface area (Å²) in [5, 5.41) is 0. The molecule has 1 amide bonds. The molecule has 0 fully saturated rings. The number of aryl methyl sites for hydroxylation is 2. The summed E-state index contributed by atoms with van der Waals surface area (Å²) in [6.07, 6.45) is 1.62. The molecule has 0 unspecified atom stereocenters. The Kier molecular flexibility index (Phi) is 4.15. The Morgan fingerprint density at radius 1 is 1.25 bits per heavy atom. The molecule has 4 heteroatoms. The van der Waals surface area contributed by atoms with Crippen LogP contribution in [-0.4, -0.2) is 17.9 Å². The maximum absolute atomic E-state index is 12.5. The Labute approximate surface area is 119 Å². The van der Waals surface area contributed by atoms with Crippen molar-refractivity contribution in [3.63, 3.8) is 0 Å². The molecule has 0 bridgehead atoms. The Hall–Kier alpha value is -2.20. The van der Waals surface area contributed by atoms with Crippen LogP contribution in [0.15, 0.2) is 36.5 Å². The first-order valence-electron chi connectivity index (χ1n) is 6.53. The van der Waals surface area contributed by atoms with Gasteiger partial charge < -0.3 is 10.6 Å². The van der Waals surface area contributed by atoms with E-state index in [9.17, 15) is 4.79 Å². The van der Waals surface area contributed by atoms with Crippen molar-refractivity contribution in [2.45, 2.75) is 20.4 Å². The molecule has 1 aromatic carbocycles. The number of benzene rings is 1. The van der Waals surface area contributed by atoms with Crippen LogP contribution in [0.5, 0.6) is 0 Å². The van der Waals surface area contributed by atoms with Gasteiger partial charge in [-0.2, -0.15) is 0 Å². The lowest BCUT2D eigenvalue weighted by atomic mass is 10.1. The van der Waals surface area contributed by atoms with E-state index in [-0.39, 0.29) is 5.91 Å². The number of nitrogens with two attached hydrogens (primary N) is 1. The van der Waals surface area contributed by atoms with Gasteiger partial charge in [-0.15, -0.1) is 0 Å². The highest BCUT2D eigenvalue weighted by Gasteiger charge is 2.15. The van der Waals surface area contributed by atoms with E-state index in [1.54, 1.807) is 30.3 Å². The molecule has 2 N–H and O–H groups in total. The van der Waals surface area contributed by atoms with E-state index in [1.807, 2.05) is 26.0 Å². The van der Waals surface area contributed by atoms with Gasteiger partial charge >= 0.3 is 0 Å². The van der Waals surface area contributed by atoms with Crippen LogP contribution in [0.4, 0.5) is 5.69 Å². The molecule has 0 atom stereocenters. The Balaban J connectivity index is 2.32. The average Bonchev–Trinajstić information content (AvgIpc) is 2.46. The molecule has 0 radical (unpaired) electrons. The van der Waals surface area contributed by atoms with Crippen LogP contribution in [-0.2, 0) is 6.54 Å². The molecule has 20 heavy (non-hydrogen) atoms. The molecule has 104 valence electrons. The summed E-state index contributed by atoms with van der Waals surface area (Å²) in [4.78, 5) is 18.3. The first kappa shape index (κ1) is 14.2. The van der Waals surface area contributed by atoms with Crippen LogP contribution in [0.3, 0.4) is 0 Å². The smallest absolute Gasteiger partial charge is 0.258 e. The third-order valence-electron chi connectivity index (χ3n) is 3.29. The van der Waals surface area contributed by atoms with Crippen molar-refractivity contribution in [3.05, 3.63) is 58.9 Å². The highest BCUT2D eigenvalue weighted by atomic mass is 16.2. The monoisotopic (exact) mass is 269 g/mol. The maximum Gasteiger partial charge on any atom is 0.258 e. The number of carbonyl (C=O) groups excluding carboxylic acids is 1. The minimum absolute atomic E-state index is 0.0611. The lowest BCUT2D eigenvalue weighted by molar-refractivity contribution is 0.0992. The van der Waals surface area contributed by atoms with Gasteiger partial charge in [0.1, 0.15) is 0 Å². The molecule has 0 saturated heterocycles. The van der Waals surface area contributed by atoms with E-state index < -0.39 is 0 Å². The van der Waals surface area contributed by atoms with Crippen LogP contribution in [0.25, 0.3) is 0 Å². The number of hydrogen-bond donors (Lipinski definition) is 1. The zero-order valence-corrected chi connectivity index (χ0v) is 12.1. The molecule has 4 nitrogen and oxygen atoms in total. The number of amides is 1. The van der Waals surface area contributed by atoms with Gasteiger partial charge in [0.2, 0.25) is 0 Å². The molecule has 0 aliphatic rings. The lowest BCUT2D eigenvalue weighted by Crippen LogP contribution is -2.27. The summed E-state index contributed by atoms with van der Waals surface area (Å²) in [6, 6.07) is 9.48. The van der Waals surface area contributed by atoms with Crippen molar-refractivity contribution in [1.29, 1.82) is 0 Å². The van der Waals surface area contributed by atoms with Crippen molar-refractivity contribution in [2.24, 2.45) is 5.73 Å². The number of anilines is 1. The van der Waals surface area contributed by atoms with Crippen LogP contribution in [0, 0.1) is 13.8 Å². The van der Waals surface area contributed by atoms with E-state index in [1.165, 1.54) is 5.56 Å². The van der Waals surface area contributed by atoms with E-state index in [0.29, 0.717) is 17.8 Å². The van der Waals surface area contributed by atoms with Gasteiger partial charge in [0, 0.05) is 31.0 Å². The number of hydrogen-bond acceptors (Lipinski definition) is 3. The molecule has 2 rings (SSSR count). The normalized spacial score (nSPS) is 10.4. The summed E-state index contributed by atoms with van der Waals surface area (Å²) in [6.45, 7) is 4.37. The fraction of sp³-hybridized carbons (Fsp3) is 0.250. The zero-order valence-electron chi connectivity index (χ0n) is 12.1. The molecule has 0 aliphatic carbocycles. The van der Waals surface area contributed by atoms with Crippen molar-refractivity contribution in [3.8, 4) is 0 Å². The number of aromatic nitrogens is 1. The standard InChI is InChI=1S/C16H19N3O/c1-11-4-5-15(12(2)8-11)19(3)16(20)13-6-7-18-14(9-13)10-17/h4-9H,10,17H2,1-3H3. The second kappa shape index (κ2) is 5.84. The molecule has 1 heterocycles. The quantitative estimate of drug-likeness (QED) is 0.931. The molecule has 0 aliphatic heterocycles. The van der Waals surface area contributed by atoms with Gasteiger partial charge in [0.05, 0.1) is 5.69 Å². The number of rotatable bonds is 3. The summed E-state index contributed by atoms with van der Waals surface area (Å²) in [5.74, 6) is -0.0611. The molecule has 2 aromatic rings. The topological polar surface area (TPSA) is 59.2 Å². The maximum atomic E-state index is 12.5.